The zero-order valence-electron chi connectivity index (χ0n) is 18.6. The largest absolute Gasteiger partial charge is 0.454 e. The van der Waals surface area contributed by atoms with E-state index in [0.29, 0.717) is 40.1 Å². The van der Waals surface area contributed by atoms with Crippen molar-refractivity contribution in [3.63, 3.8) is 0 Å². The van der Waals surface area contributed by atoms with Crippen molar-refractivity contribution in [2.24, 2.45) is 5.92 Å². The Hall–Kier alpha value is -3.67. The number of aromatic nitrogens is 3. The average Bonchev–Trinajstić information content (AvgIpc) is 3.51. The van der Waals surface area contributed by atoms with Gasteiger partial charge in [-0.25, -0.2) is 4.98 Å². The van der Waals surface area contributed by atoms with Crippen molar-refractivity contribution in [1.82, 2.24) is 25.2 Å². The smallest absolute Gasteiger partial charge is 0.273 e. The van der Waals surface area contributed by atoms with Crippen molar-refractivity contribution in [3.8, 4) is 11.5 Å². The highest BCUT2D eigenvalue weighted by Gasteiger charge is 2.27. The molecule has 0 bridgehead atoms. The Balaban J connectivity index is 1.26. The third kappa shape index (κ3) is 4.40. The molecule has 11 nitrogen and oxygen atoms in total. The minimum atomic E-state index is -0.313. The summed E-state index contributed by atoms with van der Waals surface area (Å²) in [4.78, 5) is 48.3. The second-order valence-electron chi connectivity index (χ2n) is 8.19. The van der Waals surface area contributed by atoms with Gasteiger partial charge in [0.05, 0.1) is 5.92 Å². The van der Waals surface area contributed by atoms with Gasteiger partial charge in [0.2, 0.25) is 18.6 Å². The highest BCUT2D eigenvalue weighted by atomic mass is 32.1. The maximum absolute atomic E-state index is 13.0. The minimum Gasteiger partial charge on any atom is -0.454 e. The Morgan fingerprint density at radius 1 is 1.26 bits per heavy atom. The van der Waals surface area contributed by atoms with Crippen LogP contribution in [0.4, 0.5) is 5.13 Å². The first-order valence-electron chi connectivity index (χ1n) is 11.0. The molecule has 1 fully saturated rings. The van der Waals surface area contributed by atoms with Crippen LogP contribution in [0.2, 0.25) is 0 Å². The van der Waals surface area contributed by atoms with E-state index in [-0.39, 0.29) is 36.6 Å². The first-order valence-corrected chi connectivity index (χ1v) is 11.8. The molecule has 0 spiro atoms. The normalized spacial score (nSPS) is 17.1. The first-order chi connectivity index (χ1) is 16.5. The molecular weight excluding hydrogens is 460 g/mol. The summed E-state index contributed by atoms with van der Waals surface area (Å²) in [5, 5.41) is 6.18. The fourth-order valence-corrected chi connectivity index (χ4v) is 5.12. The van der Waals surface area contributed by atoms with Gasteiger partial charge < -0.3 is 25.0 Å². The van der Waals surface area contributed by atoms with Crippen LogP contribution in [0.1, 0.15) is 18.4 Å². The van der Waals surface area contributed by atoms with Crippen molar-refractivity contribution < 1.29 is 19.1 Å². The first kappa shape index (κ1) is 22.1. The molecule has 12 heteroatoms. The number of fused-ring (bicyclic) bond motifs is 2. The third-order valence-electron chi connectivity index (χ3n) is 5.92. The summed E-state index contributed by atoms with van der Waals surface area (Å²) in [6.45, 7) is 1.66. The molecule has 0 radical (unpaired) electrons. The number of hydrogen-bond donors (Lipinski definition) is 2. The molecule has 2 aliphatic heterocycles. The standard InChI is InChI=1S/C22H24N6O5S/c1-23-20(30)14-3-2-6-27(9-14)22-26-19-18(34-22)21(31)28(11-25-19)10-17(29)24-8-13-4-5-15-16(7-13)33-12-32-15/h4-5,7,11,14H,2-3,6,8-10,12H2,1H3,(H,23,30)(H,24,29)/t14-/m1/s1. The fraction of sp³-hybridized carbons (Fsp3) is 0.409. The van der Waals surface area contributed by atoms with Crippen LogP contribution in [0.5, 0.6) is 11.5 Å². The van der Waals surface area contributed by atoms with Crippen molar-refractivity contribution in [1.29, 1.82) is 0 Å². The monoisotopic (exact) mass is 484 g/mol. The molecule has 5 rings (SSSR count). The average molecular weight is 485 g/mol. The van der Waals surface area contributed by atoms with Crippen molar-refractivity contribution >= 4 is 38.6 Å². The maximum Gasteiger partial charge on any atom is 0.273 e. The summed E-state index contributed by atoms with van der Waals surface area (Å²) in [6, 6.07) is 5.46. The molecule has 1 aromatic carbocycles. The van der Waals surface area contributed by atoms with Gasteiger partial charge in [0.15, 0.2) is 22.3 Å². The van der Waals surface area contributed by atoms with Gasteiger partial charge in [0, 0.05) is 26.7 Å². The summed E-state index contributed by atoms with van der Waals surface area (Å²) in [5.74, 6) is 0.921. The maximum atomic E-state index is 13.0. The Kier molecular flexibility index (Phi) is 6.05. The lowest BCUT2D eigenvalue weighted by Crippen LogP contribution is -2.42. The molecule has 178 valence electrons. The molecule has 2 aliphatic rings. The molecule has 4 heterocycles. The summed E-state index contributed by atoms with van der Waals surface area (Å²) in [7, 11) is 1.64. The predicted octanol–water partition coefficient (Wildman–Crippen LogP) is 0.860. The molecule has 34 heavy (non-hydrogen) atoms. The Bertz CT molecular complexity index is 1300. The lowest BCUT2D eigenvalue weighted by atomic mass is 9.98. The molecule has 3 aromatic rings. The number of nitrogens with zero attached hydrogens (tertiary/aromatic N) is 4. The SMILES string of the molecule is CNC(=O)[C@@H]1CCCN(c2nc3ncn(CC(=O)NCc4ccc5c(c4)OCO5)c(=O)c3s2)C1. The Morgan fingerprint density at radius 2 is 2.12 bits per heavy atom. The number of ether oxygens (including phenoxy) is 2. The summed E-state index contributed by atoms with van der Waals surface area (Å²) >= 11 is 1.24. The van der Waals surface area contributed by atoms with Crippen LogP contribution in [0, 0.1) is 5.92 Å². The number of carbonyl (C=O) groups is 2. The Morgan fingerprint density at radius 3 is 2.97 bits per heavy atom. The van der Waals surface area contributed by atoms with Crippen LogP contribution < -0.4 is 30.6 Å². The Labute approximate surface area is 198 Å². The van der Waals surface area contributed by atoms with E-state index in [0.717, 1.165) is 24.9 Å². The van der Waals surface area contributed by atoms with Gasteiger partial charge in [-0.2, -0.15) is 4.98 Å². The minimum absolute atomic E-state index is 0.0121. The number of amides is 2. The second-order valence-corrected chi connectivity index (χ2v) is 9.17. The lowest BCUT2D eigenvalue weighted by molar-refractivity contribution is -0.124. The van der Waals surface area contributed by atoms with E-state index in [9.17, 15) is 14.4 Å². The van der Waals surface area contributed by atoms with Crippen LogP contribution in [0.15, 0.2) is 29.3 Å². The number of nitrogens with one attached hydrogen (secondary N) is 2. The fourth-order valence-electron chi connectivity index (χ4n) is 4.11. The van der Waals surface area contributed by atoms with Gasteiger partial charge in [-0.15, -0.1) is 0 Å². The van der Waals surface area contributed by atoms with E-state index in [1.807, 2.05) is 17.0 Å². The van der Waals surface area contributed by atoms with E-state index in [1.54, 1.807) is 13.1 Å². The van der Waals surface area contributed by atoms with Gasteiger partial charge in [-0.1, -0.05) is 17.4 Å². The molecular formula is C22H24N6O5S. The highest BCUT2D eigenvalue weighted by Crippen LogP contribution is 2.32. The van der Waals surface area contributed by atoms with E-state index >= 15 is 0 Å². The zero-order chi connectivity index (χ0) is 23.7. The van der Waals surface area contributed by atoms with E-state index in [1.165, 1.54) is 22.2 Å². The van der Waals surface area contributed by atoms with Gasteiger partial charge in [0.25, 0.3) is 5.56 Å². The molecule has 2 aromatic heterocycles. The number of rotatable bonds is 6. The van der Waals surface area contributed by atoms with Crippen LogP contribution in [-0.4, -0.2) is 53.3 Å². The number of thiazole rings is 1. The van der Waals surface area contributed by atoms with Gasteiger partial charge in [-0.05, 0) is 30.5 Å². The molecule has 0 unspecified atom stereocenters. The number of hydrogen-bond acceptors (Lipinski definition) is 9. The second kappa shape index (κ2) is 9.29. The van der Waals surface area contributed by atoms with E-state index in [2.05, 4.69) is 20.6 Å². The summed E-state index contributed by atoms with van der Waals surface area (Å²) in [6.07, 6.45) is 3.04. The van der Waals surface area contributed by atoms with Crippen molar-refractivity contribution in [2.75, 3.05) is 31.8 Å². The zero-order valence-corrected chi connectivity index (χ0v) is 19.4. The third-order valence-corrected chi connectivity index (χ3v) is 7.02. The number of carbonyl (C=O) groups excluding carboxylic acids is 2. The quantitative estimate of drug-likeness (QED) is 0.527. The highest BCUT2D eigenvalue weighted by molar-refractivity contribution is 7.22. The molecule has 0 saturated carbocycles. The van der Waals surface area contributed by atoms with E-state index in [4.69, 9.17) is 9.47 Å². The van der Waals surface area contributed by atoms with Gasteiger partial charge >= 0.3 is 0 Å². The topological polar surface area (TPSA) is 128 Å². The van der Waals surface area contributed by atoms with Crippen LogP contribution in [-0.2, 0) is 22.7 Å². The number of anilines is 1. The molecule has 2 N–H and O–H groups in total. The van der Waals surface area contributed by atoms with E-state index < -0.39 is 0 Å². The predicted molar refractivity (Wildman–Crippen MR) is 125 cm³/mol. The molecule has 1 saturated heterocycles. The van der Waals surface area contributed by atoms with Crippen molar-refractivity contribution in [2.45, 2.75) is 25.9 Å². The molecule has 2 amide bonds. The molecule has 1 atom stereocenters. The van der Waals surface area contributed by atoms with Gasteiger partial charge in [-0.3, -0.25) is 19.0 Å². The van der Waals surface area contributed by atoms with Crippen LogP contribution >= 0.6 is 11.3 Å². The number of piperidine rings is 1. The summed E-state index contributed by atoms with van der Waals surface area (Å²) in [5.41, 5.74) is 0.901. The number of benzene rings is 1. The van der Waals surface area contributed by atoms with Crippen LogP contribution in [0.3, 0.4) is 0 Å². The van der Waals surface area contributed by atoms with Gasteiger partial charge in [0.1, 0.15) is 17.6 Å². The molecule has 0 aliphatic carbocycles. The lowest BCUT2D eigenvalue weighted by Gasteiger charge is -2.31. The van der Waals surface area contributed by atoms with Crippen molar-refractivity contribution in [3.05, 3.63) is 40.4 Å². The summed E-state index contributed by atoms with van der Waals surface area (Å²) < 4.78 is 12.3. The van der Waals surface area contributed by atoms with Crippen LogP contribution in [0.25, 0.3) is 10.3 Å².